The summed E-state index contributed by atoms with van der Waals surface area (Å²) >= 11 is 7.45. The summed E-state index contributed by atoms with van der Waals surface area (Å²) < 4.78 is 8.52. The van der Waals surface area contributed by atoms with E-state index in [9.17, 15) is 14.7 Å². The van der Waals surface area contributed by atoms with Crippen molar-refractivity contribution in [3.8, 4) is 11.3 Å². The fraction of sp³-hybridized carbons (Fsp3) is 0.440. The lowest BCUT2D eigenvalue weighted by molar-refractivity contribution is -0.155. The topological polar surface area (TPSA) is 68.5 Å². The van der Waals surface area contributed by atoms with Gasteiger partial charge in [0.25, 0.3) is 0 Å². The molecule has 0 bridgehead atoms. The minimum Gasteiger partial charge on any atom is -0.477 e. The molecule has 0 aliphatic heterocycles. The van der Waals surface area contributed by atoms with Crippen LogP contribution in [-0.4, -0.2) is 27.2 Å². The zero-order chi connectivity index (χ0) is 23.0. The smallest absolute Gasteiger partial charge is 0.345 e. The minimum absolute atomic E-state index is 0.0221. The van der Waals surface area contributed by atoms with Crippen molar-refractivity contribution in [3.05, 3.63) is 45.8 Å². The molecule has 170 valence electrons. The summed E-state index contributed by atoms with van der Waals surface area (Å²) in [5.74, 6) is -0.961. The van der Waals surface area contributed by atoms with Crippen molar-refractivity contribution < 1.29 is 19.4 Å². The standard InChI is InChI=1S/C25H28ClNO4S/c1-25(2,3)31-20(28)14-27-18-13-19(24(29)30)32-23(18)21(15-7-5-4-6-8-15)22(27)16-9-11-17(26)12-10-16/h9-13,15H,4-8,14H2,1-3H3,(H,29,30). The molecule has 1 aliphatic rings. The summed E-state index contributed by atoms with van der Waals surface area (Å²) in [7, 11) is 0. The van der Waals surface area contributed by atoms with Crippen molar-refractivity contribution >= 4 is 45.1 Å². The Labute approximate surface area is 197 Å². The van der Waals surface area contributed by atoms with Crippen LogP contribution in [0.25, 0.3) is 21.5 Å². The maximum atomic E-state index is 12.9. The van der Waals surface area contributed by atoms with Crippen LogP contribution in [-0.2, 0) is 16.1 Å². The molecule has 0 spiro atoms. The van der Waals surface area contributed by atoms with E-state index in [0.29, 0.717) is 10.9 Å². The van der Waals surface area contributed by atoms with Crippen molar-refractivity contribution in [1.29, 1.82) is 0 Å². The molecule has 3 aromatic rings. The molecule has 0 radical (unpaired) electrons. The number of carboxylic acids is 1. The van der Waals surface area contributed by atoms with Gasteiger partial charge in [-0.1, -0.05) is 43.0 Å². The molecule has 2 aromatic heterocycles. The van der Waals surface area contributed by atoms with Crippen LogP contribution in [0, 0.1) is 0 Å². The van der Waals surface area contributed by atoms with Gasteiger partial charge in [0.05, 0.1) is 15.9 Å². The molecule has 32 heavy (non-hydrogen) atoms. The van der Waals surface area contributed by atoms with E-state index in [4.69, 9.17) is 16.3 Å². The summed E-state index contributed by atoms with van der Waals surface area (Å²) in [6.07, 6.45) is 5.65. The first-order chi connectivity index (χ1) is 15.1. The SMILES string of the molecule is CC(C)(C)OC(=O)Cn1c(-c2ccc(Cl)cc2)c(C2CCCCC2)c2sc(C(=O)O)cc21. The predicted molar refractivity (Wildman–Crippen MR) is 129 cm³/mol. The van der Waals surface area contributed by atoms with Crippen LogP contribution in [0.3, 0.4) is 0 Å². The first kappa shape index (κ1) is 22.9. The quantitative estimate of drug-likeness (QED) is 0.401. The van der Waals surface area contributed by atoms with Crippen molar-refractivity contribution in [2.24, 2.45) is 0 Å². The molecule has 1 N–H and O–H groups in total. The molecular formula is C25H28ClNO4S. The fourth-order valence-corrected chi connectivity index (χ4v) is 5.86. The van der Waals surface area contributed by atoms with Crippen LogP contribution in [0.4, 0.5) is 0 Å². The van der Waals surface area contributed by atoms with E-state index in [2.05, 4.69) is 0 Å². The number of esters is 1. The highest BCUT2D eigenvalue weighted by Gasteiger charge is 2.30. The third kappa shape index (κ3) is 4.71. The highest BCUT2D eigenvalue weighted by atomic mass is 35.5. The number of benzene rings is 1. The summed E-state index contributed by atoms with van der Waals surface area (Å²) in [6.45, 7) is 5.55. The average Bonchev–Trinajstić information content (AvgIpc) is 3.26. The third-order valence-electron chi connectivity index (χ3n) is 5.82. The first-order valence-electron chi connectivity index (χ1n) is 11.0. The number of fused-ring (bicyclic) bond motifs is 1. The molecule has 0 amide bonds. The number of halogens is 1. The Morgan fingerprint density at radius 3 is 2.41 bits per heavy atom. The Bertz CT molecular complexity index is 1150. The molecule has 1 fully saturated rings. The number of rotatable bonds is 5. The molecule has 5 nitrogen and oxygen atoms in total. The number of ether oxygens (including phenoxy) is 1. The van der Waals surface area contributed by atoms with Crippen LogP contribution in [0.2, 0.25) is 5.02 Å². The van der Waals surface area contributed by atoms with Crippen molar-refractivity contribution in [1.82, 2.24) is 4.57 Å². The maximum absolute atomic E-state index is 12.9. The maximum Gasteiger partial charge on any atom is 0.345 e. The summed E-state index contributed by atoms with van der Waals surface area (Å²) in [4.78, 5) is 24.9. The van der Waals surface area contributed by atoms with Gasteiger partial charge in [-0.2, -0.15) is 0 Å². The van der Waals surface area contributed by atoms with E-state index in [1.54, 1.807) is 6.07 Å². The molecule has 2 heterocycles. The molecule has 0 atom stereocenters. The molecule has 1 saturated carbocycles. The summed E-state index contributed by atoms with van der Waals surface area (Å²) in [5, 5.41) is 10.3. The Kier molecular flexibility index (Phi) is 6.37. The highest BCUT2D eigenvalue weighted by Crippen LogP contribution is 2.47. The summed E-state index contributed by atoms with van der Waals surface area (Å²) in [5.41, 5.74) is 3.28. The minimum atomic E-state index is -0.947. The van der Waals surface area contributed by atoms with Crippen molar-refractivity contribution in [2.75, 3.05) is 0 Å². The molecule has 4 rings (SSSR count). The lowest BCUT2D eigenvalue weighted by Crippen LogP contribution is -2.26. The average molecular weight is 474 g/mol. The molecule has 1 aromatic carbocycles. The van der Waals surface area contributed by atoms with Gasteiger partial charge < -0.3 is 14.4 Å². The van der Waals surface area contributed by atoms with Gasteiger partial charge in [0.1, 0.15) is 17.0 Å². The Balaban J connectivity index is 1.94. The molecule has 0 saturated heterocycles. The summed E-state index contributed by atoms with van der Waals surface area (Å²) in [6, 6.07) is 9.33. The third-order valence-corrected chi connectivity index (χ3v) is 7.22. The largest absolute Gasteiger partial charge is 0.477 e. The second-order valence-corrected chi connectivity index (χ2v) is 10.9. The Morgan fingerprint density at radius 1 is 1.16 bits per heavy atom. The predicted octanol–water partition coefficient (Wildman–Crippen LogP) is 7.11. The van der Waals surface area contributed by atoms with Gasteiger partial charge in [-0.3, -0.25) is 4.79 Å². The molecule has 1 aliphatic carbocycles. The lowest BCUT2D eigenvalue weighted by atomic mass is 9.83. The zero-order valence-electron chi connectivity index (χ0n) is 18.6. The van der Waals surface area contributed by atoms with Gasteiger partial charge in [0.2, 0.25) is 0 Å². The van der Waals surface area contributed by atoms with Gasteiger partial charge in [0.15, 0.2) is 0 Å². The number of aromatic nitrogens is 1. The van der Waals surface area contributed by atoms with Gasteiger partial charge in [-0.25, -0.2) is 4.79 Å². The van der Waals surface area contributed by atoms with E-state index in [0.717, 1.165) is 52.7 Å². The zero-order valence-corrected chi connectivity index (χ0v) is 20.2. The highest BCUT2D eigenvalue weighted by molar-refractivity contribution is 7.21. The molecule has 7 heteroatoms. The van der Waals surface area contributed by atoms with Crippen molar-refractivity contribution in [2.45, 2.75) is 70.9 Å². The van der Waals surface area contributed by atoms with Crippen molar-refractivity contribution in [3.63, 3.8) is 0 Å². The number of carbonyl (C=O) groups is 2. The van der Waals surface area contributed by atoms with Gasteiger partial charge in [-0.05, 0) is 68.9 Å². The number of hydrogen-bond acceptors (Lipinski definition) is 4. The van der Waals surface area contributed by atoms with Crippen LogP contribution >= 0.6 is 22.9 Å². The van der Waals surface area contributed by atoms with Crippen LogP contribution in [0.15, 0.2) is 30.3 Å². The van der Waals surface area contributed by atoms with Gasteiger partial charge in [0, 0.05) is 5.02 Å². The monoisotopic (exact) mass is 473 g/mol. The number of thiophene rings is 1. The number of hydrogen-bond donors (Lipinski definition) is 1. The number of aromatic carboxylic acids is 1. The van der Waals surface area contributed by atoms with Gasteiger partial charge in [-0.15, -0.1) is 11.3 Å². The molecule has 0 unspecified atom stereocenters. The van der Waals surface area contributed by atoms with E-state index in [1.165, 1.54) is 17.8 Å². The van der Waals surface area contributed by atoms with Crippen LogP contribution < -0.4 is 0 Å². The second kappa shape index (κ2) is 8.91. The second-order valence-electron chi connectivity index (χ2n) is 9.41. The van der Waals surface area contributed by atoms with Gasteiger partial charge >= 0.3 is 11.9 Å². The van der Waals surface area contributed by atoms with E-state index < -0.39 is 11.6 Å². The number of carboxylic acid groups (broad SMARTS) is 1. The normalized spacial score (nSPS) is 15.2. The van der Waals surface area contributed by atoms with E-state index in [1.807, 2.05) is 49.6 Å². The van der Waals surface area contributed by atoms with Crippen LogP contribution in [0.1, 0.15) is 74.0 Å². The lowest BCUT2D eigenvalue weighted by Gasteiger charge is -2.24. The fourth-order valence-electron chi connectivity index (χ4n) is 4.61. The number of nitrogens with zero attached hydrogens (tertiary/aromatic N) is 1. The Morgan fingerprint density at radius 2 is 1.81 bits per heavy atom. The Hall–Kier alpha value is -2.31. The first-order valence-corrected chi connectivity index (χ1v) is 12.2. The molecular weight excluding hydrogens is 446 g/mol. The number of carbonyl (C=O) groups excluding carboxylic acids is 1. The van der Waals surface area contributed by atoms with E-state index in [-0.39, 0.29) is 17.4 Å². The van der Waals surface area contributed by atoms with E-state index >= 15 is 0 Å². The van der Waals surface area contributed by atoms with Crippen LogP contribution in [0.5, 0.6) is 0 Å².